The van der Waals surface area contributed by atoms with E-state index < -0.39 is 0 Å². The first-order valence-corrected chi connectivity index (χ1v) is 9.39. The summed E-state index contributed by atoms with van der Waals surface area (Å²) in [4.78, 5) is 11.5. The summed E-state index contributed by atoms with van der Waals surface area (Å²) in [5, 5.41) is 4.60. The quantitative estimate of drug-likeness (QED) is 0.932. The highest BCUT2D eigenvalue weighted by Gasteiger charge is 2.24. The van der Waals surface area contributed by atoms with E-state index in [2.05, 4.69) is 31.2 Å². The minimum absolute atomic E-state index is 0.496. The van der Waals surface area contributed by atoms with E-state index in [9.17, 15) is 0 Å². The van der Waals surface area contributed by atoms with Crippen molar-refractivity contribution in [3.63, 3.8) is 0 Å². The van der Waals surface area contributed by atoms with Crippen LogP contribution in [0.3, 0.4) is 0 Å². The number of hydrogen-bond acceptors (Lipinski definition) is 6. The van der Waals surface area contributed by atoms with Crippen LogP contribution in [0.15, 0.2) is 12.4 Å². The summed E-state index contributed by atoms with van der Waals surface area (Å²) in [6.07, 6.45) is 11.3. The van der Waals surface area contributed by atoms with Gasteiger partial charge in [-0.25, -0.2) is 9.97 Å². The van der Waals surface area contributed by atoms with Gasteiger partial charge >= 0.3 is 0 Å². The topological polar surface area (TPSA) is 58.9 Å². The average Bonchev–Trinajstić information content (AvgIpc) is 3.29. The molecule has 0 spiro atoms. The monoisotopic (exact) mass is 332 g/mol. The number of nitrogens with zero attached hydrogens (tertiary/aromatic N) is 5. The van der Waals surface area contributed by atoms with E-state index in [1.807, 2.05) is 12.4 Å². The first-order chi connectivity index (χ1) is 11.3. The molecule has 1 aliphatic heterocycles. The molecule has 0 unspecified atom stereocenters. The lowest BCUT2D eigenvalue weighted by Gasteiger charge is -2.32. The Bertz CT molecular complexity index is 637. The number of aromatic nitrogens is 4. The van der Waals surface area contributed by atoms with Gasteiger partial charge in [-0.2, -0.15) is 4.37 Å². The van der Waals surface area contributed by atoms with Crippen molar-refractivity contribution in [1.29, 1.82) is 0 Å². The smallest absolute Gasteiger partial charge is 0.205 e. The number of aryl methyl sites for hydroxylation is 1. The Morgan fingerprint density at radius 2 is 1.96 bits per heavy atom. The molecule has 0 aromatic carbocycles. The lowest BCUT2D eigenvalue weighted by Crippen LogP contribution is -2.40. The highest BCUT2D eigenvalue weighted by molar-refractivity contribution is 7.09. The molecule has 0 radical (unpaired) electrons. The third-order valence-electron chi connectivity index (χ3n) is 5.06. The van der Waals surface area contributed by atoms with Crippen LogP contribution >= 0.6 is 11.5 Å². The van der Waals surface area contributed by atoms with Gasteiger partial charge in [-0.1, -0.05) is 12.8 Å². The second-order valence-electron chi connectivity index (χ2n) is 6.68. The molecule has 0 atom stereocenters. The Labute approximate surface area is 141 Å². The molecule has 1 saturated heterocycles. The van der Waals surface area contributed by atoms with E-state index in [4.69, 9.17) is 4.98 Å². The summed E-state index contributed by atoms with van der Waals surface area (Å²) < 4.78 is 6.66. The van der Waals surface area contributed by atoms with Gasteiger partial charge in [-0.05, 0) is 25.7 Å². The molecule has 2 aliphatic rings. The number of anilines is 2. The van der Waals surface area contributed by atoms with Gasteiger partial charge in [0.15, 0.2) is 0 Å². The van der Waals surface area contributed by atoms with Crippen LogP contribution in [-0.2, 0) is 7.05 Å². The Morgan fingerprint density at radius 3 is 2.65 bits per heavy atom. The minimum Gasteiger partial charge on any atom is -0.357 e. The third-order valence-corrected chi connectivity index (χ3v) is 5.72. The fraction of sp³-hybridized carbons (Fsp3) is 0.688. The number of piperidine rings is 1. The molecule has 0 amide bonds. The normalized spacial score (nSPS) is 20.3. The Morgan fingerprint density at radius 1 is 1.17 bits per heavy atom. The summed E-state index contributed by atoms with van der Waals surface area (Å²) in [6, 6.07) is 0.496. The lowest BCUT2D eigenvalue weighted by atomic mass is 10.1. The van der Waals surface area contributed by atoms with Gasteiger partial charge in [0.1, 0.15) is 5.82 Å². The van der Waals surface area contributed by atoms with Crippen molar-refractivity contribution in [2.45, 2.75) is 50.5 Å². The molecule has 23 heavy (non-hydrogen) atoms. The minimum atomic E-state index is 0.496. The maximum absolute atomic E-state index is 4.74. The first kappa shape index (κ1) is 14.9. The van der Waals surface area contributed by atoms with Crippen LogP contribution in [-0.4, -0.2) is 38.0 Å². The summed E-state index contributed by atoms with van der Waals surface area (Å²) in [6.45, 7) is 2.08. The van der Waals surface area contributed by atoms with Crippen molar-refractivity contribution in [2.75, 3.05) is 23.3 Å². The Hall–Kier alpha value is -1.63. The molecule has 2 fully saturated rings. The second kappa shape index (κ2) is 6.47. The zero-order valence-corrected chi connectivity index (χ0v) is 14.4. The molecule has 2 aromatic rings. The number of rotatable bonds is 4. The number of nitrogens with one attached hydrogen (secondary N) is 1. The molecule has 124 valence electrons. The third kappa shape index (κ3) is 3.20. The van der Waals surface area contributed by atoms with Gasteiger partial charge in [0, 0.05) is 56.0 Å². The van der Waals surface area contributed by atoms with Crippen molar-refractivity contribution in [1.82, 2.24) is 18.9 Å². The molecule has 0 bridgehead atoms. The van der Waals surface area contributed by atoms with Gasteiger partial charge in [-0.15, -0.1) is 0 Å². The van der Waals surface area contributed by atoms with Crippen LogP contribution in [0.5, 0.6) is 0 Å². The van der Waals surface area contributed by atoms with E-state index in [-0.39, 0.29) is 0 Å². The van der Waals surface area contributed by atoms with Crippen molar-refractivity contribution in [2.24, 2.45) is 7.05 Å². The van der Waals surface area contributed by atoms with Crippen LogP contribution < -0.4 is 10.2 Å². The molecule has 2 aromatic heterocycles. The SMILES string of the molecule is Cn1ccnc1N1CCC(Nc2nc(C3CCCC3)ns2)CC1. The van der Waals surface area contributed by atoms with E-state index in [1.54, 1.807) is 0 Å². The van der Waals surface area contributed by atoms with Crippen LogP contribution in [0, 0.1) is 0 Å². The van der Waals surface area contributed by atoms with Gasteiger partial charge in [-0.3, -0.25) is 0 Å². The predicted molar refractivity (Wildman–Crippen MR) is 93.2 cm³/mol. The van der Waals surface area contributed by atoms with Crippen molar-refractivity contribution < 1.29 is 0 Å². The lowest BCUT2D eigenvalue weighted by molar-refractivity contribution is 0.515. The number of hydrogen-bond donors (Lipinski definition) is 1. The molecule has 7 heteroatoms. The van der Waals surface area contributed by atoms with E-state index >= 15 is 0 Å². The standard InChI is InChI=1S/C16H24N6S/c1-21-11-8-17-16(21)22-9-6-13(7-10-22)18-15-19-14(20-23-15)12-4-2-3-5-12/h8,11-13H,2-7,9-10H2,1H3,(H,18,19,20). The maximum Gasteiger partial charge on any atom is 0.205 e. The average molecular weight is 332 g/mol. The van der Waals surface area contributed by atoms with Crippen molar-refractivity contribution in [3.05, 3.63) is 18.2 Å². The fourth-order valence-corrected chi connectivity index (χ4v) is 4.43. The molecule has 3 heterocycles. The van der Waals surface area contributed by atoms with Crippen LogP contribution in [0.25, 0.3) is 0 Å². The molecule has 1 saturated carbocycles. The molecule has 1 aliphatic carbocycles. The maximum atomic E-state index is 4.74. The largest absolute Gasteiger partial charge is 0.357 e. The van der Waals surface area contributed by atoms with Crippen LogP contribution in [0.1, 0.15) is 50.3 Å². The molecule has 6 nitrogen and oxygen atoms in total. The fourth-order valence-electron chi connectivity index (χ4n) is 3.70. The van der Waals surface area contributed by atoms with Crippen LogP contribution in [0.4, 0.5) is 11.1 Å². The van der Waals surface area contributed by atoms with E-state index in [0.29, 0.717) is 12.0 Å². The van der Waals surface area contributed by atoms with E-state index in [0.717, 1.165) is 42.8 Å². The molecule has 4 rings (SSSR count). The van der Waals surface area contributed by atoms with Gasteiger partial charge in [0.2, 0.25) is 11.1 Å². The summed E-state index contributed by atoms with van der Waals surface area (Å²) >= 11 is 1.53. The molecular weight excluding hydrogens is 308 g/mol. The van der Waals surface area contributed by atoms with Crippen molar-refractivity contribution in [3.8, 4) is 0 Å². The molecular formula is C16H24N6S. The Kier molecular flexibility index (Phi) is 4.20. The van der Waals surface area contributed by atoms with Gasteiger partial charge < -0.3 is 14.8 Å². The first-order valence-electron chi connectivity index (χ1n) is 8.62. The highest BCUT2D eigenvalue weighted by atomic mass is 32.1. The van der Waals surface area contributed by atoms with Gasteiger partial charge in [0.25, 0.3) is 0 Å². The second-order valence-corrected chi connectivity index (χ2v) is 7.43. The molecule has 1 N–H and O–H groups in total. The van der Waals surface area contributed by atoms with E-state index in [1.165, 1.54) is 37.2 Å². The summed E-state index contributed by atoms with van der Waals surface area (Å²) in [5.41, 5.74) is 0. The van der Waals surface area contributed by atoms with Crippen LogP contribution in [0.2, 0.25) is 0 Å². The zero-order chi connectivity index (χ0) is 15.6. The summed E-state index contributed by atoms with van der Waals surface area (Å²) in [7, 11) is 2.05. The van der Waals surface area contributed by atoms with Gasteiger partial charge in [0.05, 0.1) is 0 Å². The zero-order valence-electron chi connectivity index (χ0n) is 13.6. The summed E-state index contributed by atoms with van der Waals surface area (Å²) in [5.74, 6) is 2.75. The number of imidazole rings is 1. The van der Waals surface area contributed by atoms with Crippen molar-refractivity contribution >= 4 is 22.6 Å². The Balaban J connectivity index is 1.32. The predicted octanol–water partition coefficient (Wildman–Crippen LogP) is 3.01. The highest BCUT2D eigenvalue weighted by Crippen LogP contribution is 2.34.